The number of carboxylic acids is 3. The monoisotopic (exact) mass is 703 g/mol. The van der Waals surface area contributed by atoms with Crippen molar-refractivity contribution in [1.82, 2.24) is 31.9 Å². The van der Waals surface area contributed by atoms with Crippen molar-refractivity contribution in [2.24, 2.45) is 5.73 Å². The number of hydrogen-bond donors (Lipinski definition) is 12. The van der Waals surface area contributed by atoms with E-state index in [1.54, 1.807) is 34.7 Å². The van der Waals surface area contributed by atoms with Gasteiger partial charge >= 0.3 is 17.9 Å². The molecule has 0 spiro atoms. The van der Waals surface area contributed by atoms with Gasteiger partial charge in [0.05, 0.1) is 26.2 Å². The van der Waals surface area contributed by atoms with E-state index in [4.69, 9.17) is 21.1 Å². The Morgan fingerprint density at radius 1 is 0.696 bits per heavy atom. The predicted molar refractivity (Wildman–Crippen MR) is 174 cm³/mol. The van der Waals surface area contributed by atoms with Crippen LogP contribution in [0.15, 0.2) is 0 Å². The first-order chi connectivity index (χ1) is 21.4. The quantitative estimate of drug-likeness (QED) is 0.0530. The SMILES string of the molecule is CCC(=O)O.CCC(=O)O.CCC(=O)O.CNCC(=O)NC(CS)C(=O)NCC(=O)NC(C)CS.NC(=O)CNC(=O)CNC=O. The molecule has 0 aliphatic heterocycles. The van der Waals surface area contributed by atoms with Crippen molar-refractivity contribution in [3.05, 3.63) is 0 Å². The van der Waals surface area contributed by atoms with E-state index in [2.05, 4.69) is 57.2 Å². The molecule has 21 heteroatoms. The minimum absolute atomic E-state index is 0.0706. The zero-order valence-corrected chi connectivity index (χ0v) is 28.4. The number of carboxylic acid groups (broad SMARTS) is 3. The number of rotatable bonds is 17. The zero-order chi connectivity index (χ0) is 37.1. The summed E-state index contributed by atoms with van der Waals surface area (Å²) in [6.07, 6.45) is 1.06. The van der Waals surface area contributed by atoms with Gasteiger partial charge in [0.25, 0.3) is 0 Å². The fourth-order valence-corrected chi connectivity index (χ4v) is 1.99. The first-order valence-electron chi connectivity index (χ1n) is 13.5. The molecule has 0 aliphatic rings. The predicted octanol–water partition coefficient (Wildman–Crippen LogP) is -3.05. The Balaban J connectivity index is -0.000000179. The van der Waals surface area contributed by atoms with E-state index >= 15 is 0 Å². The Morgan fingerprint density at radius 3 is 1.46 bits per heavy atom. The van der Waals surface area contributed by atoms with Crippen molar-refractivity contribution in [2.45, 2.75) is 59.0 Å². The fourth-order valence-electron chi connectivity index (χ4n) is 1.64. The number of thiol groups is 2. The number of aliphatic carboxylic acids is 3. The first kappa shape index (κ1) is 51.5. The molecule has 0 heterocycles. The lowest BCUT2D eigenvalue weighted by molar-refractivity contribution is -0.137. The summed E-state index contributed by atoms with van der Waals surface area (Å²) < 4.78 is 0. The van der Waals surface area contributed by atoms with E-state index in [0.717, 1.165) is 0 Å². The summed E-state index contributed by atoms with van der Waals surface area (Å²) in [5.74, 6) is -3.71. The molecule has 0 bridgehead atoms. The van der Waals surface area contributed by atoms with Gasteiger partial charge < -0.3 is 53.0 Å². The molecule has 2 unspecified atom stereocenters. The lowest BCUT2D eigenvalue weighted by Gasteiger charge is -2.17. The van der Waals surface area contributed by atoms with Crippen LogP contribution in [0.3, 0.4) is 0 Å². The smallest absolute Gasteiger partial charge is 0.303 e. The molecule has 0 aromatic carbocycles. The second-order valence-corrected chi connectivity index (χ2v) is 8.92. The van der Waals surface area contributed by atoms with E-state index < -0.39 is 41.7 Å². The molecular weight excluding hydrogens is 654 g/mol. The second kappa shape index (κ2) is 37.1. The Bertz CT molecular complexity index is 895. The normalized spacial score (nSPS) is 10.2. The van der Waals surface area contributed by atoms with Crippen molar-refractivity contribution in [2.75, 3.05) is 44.7 Å². The van der Waals surface area contributed by atoms with Crippen molar-refractivity contribution in [1.29, 1.82) is 0 Å². The first-order valence-corrected chi connectivity index (χ1v) is 14.8. The number of nitrogens with one attached hydrogen (secondary N) is 6. The van der Waals surface area contributed by atoms with Crippen molar-refractivity contribution < 1.29 is 58.5 Å². The van der Waals surface area contributed by atoms with Crippen molar-refractivity contribution in [3.8, 4) is 0 Å². The molecule has 0 saturated carbocycles. The van der Waals surface area contributed by atoms with Crippen LogP contribution < -0.4 is 37.6 Å². The molecule has 0 aromatic heterocycles. The van der Waals surface area contributed by atoms with Crippen molar-refractivity contribution in [3.63, 3.8) is 0 Å². The summed E-state index contributed by atoms with van der Waals surface area (Å²) in [4.78, 5) is 93.1. The number of amides is 6. The van der Waals surface area contributed by atoms with Gasteiger partial charge in [-0.3, -0.25) is 43.2 Å². The number of carbonyl (C=O) groups excluding carboxylic acids is 6. The van der Waals surface area contributed by atoms with E-state index in [1.165, 1.54) is 0 Å². The molecule has 0 saturated heterocycles. The Morgan fingerprint density at radius 2 is 1.13 bits per heavy atom. The maximum Gasteiger partial charge on any atom is 0.303 e. The summed E-state index contributed by atoms with van der Waals surface area (Å²) in [5.41, 5.74) is 4.73. The van der Waals surface area contributed by atoms with E-state index in [0.29, 0.717) is 12.2 Å². The molecule has 0 aromatic rings. The van der Waals surface area contributed by atoms with Crippen LogP contribution >= 0.6 is 25.3 Å². The van der Waals surface area contributed by atoms with Crippen molar-refractivity contribution >= 4 is 79.1 Å². The van der Waals surface area contributed by atoms with Gasteiger partial charge in [-0.15, -0.1) is 0 Å². The van der Waals surface area contributed by atoms with Crippen LogP contribution in [0.5, 0.6) is 0 Å². The highest BCUT2D eigenvalue weighted by atomic mass is 32.1. The van der Waals surface area contributed by atoms with E-state index in [1.807, 2.05) is 0 Å². The standard InChI is InChI=1S/C11H22N4O3S2.C5H9N3O3.3C3H6O2/c1-7(5-19)14-10(17)4-13-11(18)8(6-20)15-9(16)3-12-2;6-4(10)1-8-5(11)2-7-3-9;3*1-2-3(4)5/h7-8,12,19-20H,3-6H2,1-2H3,(H,13,18)(H,14,17)(H,15,16);3H,1-2H2,(H2,6,10)(H,7,9)(H,8,11);3*2H2,1H3,(H,4,5). The highest BCUT2D eigenvalue weighted by Crippen LogP contribution is 1.89. The Kier molecular flexibility index (Phi) is 41.5. The molecule has 0 fully saturated rings. The molecular formula is C25H49N7O12S2. The third-order valence-corrected chi connectivity index (χ3v) is 4.90. The third-order valence-electron chi connectivity index (χ3n) is 3.99. The highest BCUT2D eigenvalue weighted by Gasteiger charge is 2.19. The maximum atomic E-state index is 11.8. The Labute approximate surface area is 278 Å². The highest BCUT2D eigenvalue weighted by molar-refractivity contribution is 7.80. The number of nitrogens with two attached hydrogens (primary N) is 1. The molecule has 46 heavy (non-hydrogen) atoms. The largest absolute Gasteiger partial charge is 0.481 e. The van der Waals surface area contributed by atoms with Crippen LogP contribution in [0, 0.1) is 0 Å². The van der Waals surface area contributed by atoms with Gasteiger partial charge in [0.15, 0.2) is 0 Å². The third kappa shape index (κ3) is 49.6. The summed E-state index contributed by atoms with van der Waals surface area (Å²) in [6, 6.07) is -0.840. The fraction of sp³-hybridized carbons (Fsp3) is 0.640. The zero-order valence-electron chi connectivity index (χ0n) is 26.6. The van der Waals surface area contributed by atoms with Crippen LogP contribution in [0.2, 0.25) is 0 Å². The van der Waals surface area contributed by atoms with Gasteiger partial charge in [0.2, 0.25) is 35.9 Å². The van der Waals surface area contributed by atoms with Crippen LogP contribution in [-0.4, -0.2) is 126 Å². The van der Waals surface area contributed by atoms with E-state index in [9.17, 15) is 43.2 Å². The average Bonchev–Trinajstić information content (AvgIpc) is 3.01. The molecule has 0 radical (unpaired) electrons. The van der Waals surface area contributed by atoms with Crippen LogP contribution in [0.1, 0.15) is 47.0 Å². The lowest BCUT2D eigenvalue weighted by Crippen LogP contribution is -2.51. The summed E-state index contributed by atoms with van der Waals surface area (Å²) in [6.45, 7) is 6.21. The number of hydrogen-bond acceptors (Lipinski definition) is 12. The number of likely N-dealkylation sites (N-methyl/N-ethyl adjacent to an activating group) is 1. The topological polar surface area (TPSA) is 313 Å². The molecule has 19 nitrogen and oxygen atoms in total. The Hall–Kier alpha value is -4.11. The average molecular weight is 704 g/mol. The van der Waals surface area contributed by atoms with Gasteiger partial charge in [-0.05, 0) is 14.0 Å². The number of primary amides is 1. The van der Waals surface area contributed by atoms with Gasteiger partial charge in [-0.1, -0.05) is 20.8 Å². The van der Waals surface area contributed by atoms with Gasteiger partial charge in [-0.25, -0.2) is 0 Å². The molecule has 0 aliphatic carbocycles. The molecule has 0 rings (SSSR count). The maximum absolute atomic E-state index is 11.8. The minimum Gasteiger partial charge on any atom is -0.481 e. The minimum atomic E-state index is -0.769. The van der Waals surface area contributed by atoms with Gasteiger partial charge in [0, 0.05) is 36.8 Å². The molecule has 268 valence electrons. The van der Waals surface area contributed by atoms with E-state index in [-0.39, 0.29) is 69.1 Å². The molecule has 11 N–H and O–H groups in total. The van der Waals surface area contributed by atoms with Crippen LogP contribution in [0.4, 0.5) is 0 Å². The van der Waals surface area contributed by atoms with Crippen LogP contribution in [0.25, 0.3) is 0 Å². The van der Waals surface area contributed by atoms with Gasteiger partial charge in [-0.2, -0.15) is 25.3 Å². The summed E-state index contributed by atoms with van der Waals surface area (Å²) >= 11 is 8.04. The number of carbonyl (C=O) groups is 9. The second-order valence-electron chi connectivity index (χ2n) is 8.19. The van der Waals surface area contributed by atoms with Crippen LogP contribution in [-0.2, 0) is 43.2 Å². The lowest BCUT2D eigenvalue weighted by atomic mass is 10.3. The molecule has 6 amide bonds. The summed E-state index contributed by atoms with van der Waals surface area (Å²) in [7, 11) is 1.63. The summed E-state index contributed by atoms with van der Waals surface area (Å²) in [5, 5.41) is 37.8. The van der Waals surface area contributed by atoms with Gasteiger partial charge in [0.1, 0.15) is 6.04 Å². The molecule has 2 atom stereocenters.